The van der Waals surface area contributed by atoms with Crippen molar-refractivity contribution in [1.82, 2.24) is 14.5 Å². The number of aromatic amines is 2. The van der Waals surface area contributed by atoms with Crippen LogP contribution in [0.5, 0.6) is 0 Å². The summed E-state index contributed by atoms with van der Waals surface area (Å²) in [4.78, 5) is 38.7. The molecule has 0 aliphatic rings. The molecule has 6 nitrogen and oxygen atoms in total. The van der Waals surface area contributed by atoms with Crippen molar-refractivity contribution in [3.05, 3.63) is 42.3 Å². The molecule has 2 aromatic heterocycles. The van der Waals surface area contributed by atoms with E-state index in [4.69, 9.17) is 11.6 Å². The molecule has 2 N–H and O–H groups in total. The van der Waals surface area contributed by atoms with E-state index in [1.807, 2.05) is 4.98 Å². The van der Waals surface area contributed by atoms with Gasteiger partial charge in [-0.2, -0.15) is 0 Å². The maximum absolute atomic E-state index is 11.5. The lowest BCUT2D eigenvalue weighted by Crippen LogP contribution is -2.32. The fourth-order valence-electron chi connectivity index (χ4n) is 1.32. The number of hydrogen-bond donors (Lipinski definition) is 2. The van der Waals surface area contributed by atoms with Gasteiger partial charge in [-0.25, -0.2) is 4.79 Å². The van der Waals surface area contributed by atoms with Crippen LogP contribution in [0, 0.1) is 0 Å². The number of aromatic nitrogens is 3. The maximum Gasteiger partial charge on any atom is 0.329 e. The van der Waals surface area contributed by atoms with Crippen LogP contribution in [-0.2, 0) is 7.05 Å². The molecule has 2 rings (SSSR count). The van der Waals surface area contributed by atoms with E-state index in [1.165, 1.54) is 13.2 Å². The number of hydrogen-bond acceptors (Lipinski definition) is 3. The molecule has 0 amide bonds. The van der Waals surface area contributed by atoms with Gasteiger partial charge in [-0.15, -0.1) is 0 Å². The smallest absolute Gasteiger partial charge is 0.329 e. The molecule has 0 aliphatic carbocycles. The molecule has 0 radical (unpaired) electrons. The van der Waals surface area contributed by atoms with Gasteiger partial charge in [-0.1, -0.05) is 11.6 Å². The van der Waals surface area contributed by atoms with Gasteiger partial charge in [0.15, 0.2) is 0 Å². The Morgan fingerprint density at radius 3 is 2.67 bits per heavy atom. The fourth-order valence-corrected chi connectivity index (χ4v) is 1.47. The summed E-state index contributed by atoms with van der Waals surface area (Å²) >= 11 is 5.57. The first-order chi connectivity index (χ1) is 7.02. The Bertz CT molecular complexity index is 710. The minimum atomic E-state index is -0.739. The zero-order chi connectivity index (χ0) is 11.2. The van der Waals surface area contributed by atoms with Crippen molar-refractivity contribution in [2.45, 2.75) is 0 Å². The van der Waals surface area contributed by atoms with Crippen LogP contribution in [0.3, 0.4) is 0 Å². The highest BCUT2D eigenvalue weighted by atomic mass is 35.5. The lowest BCUT2D eigenvalue weighted by atomic mass is 10.3. The van der Waals surface area contributed by atoms with E-state index in [2.05, 4.69) is 4.98 Å². The van der Waals surface area contributed by atoms with E-state index >= 15 is 0 Å². The van der Waals surface area contributed by atoms with Crippen molar-refractivity contribution in [2.24, 2.45) is 7.05 Å². The Kier molecular flexibility index (Phi) is 2.01. The van der Waals surface area contributed by atoms with Crippen LogP contribution in [0.1, 0.15) is 0 Å². The van der Waals surface area contributed by atoms with E-state index in [1.54, 1.807) is 0 Å². The third kappa shape index (κ3) is 1.30. The minimum absolute atomic E-state index is 0.0911. The highest BCUT2D eigenvalue weighted by Gasteiger charge is 2.10. The summed E-state index contributed by atoms with van der Waals surface area (Å²) in [5, 5.41) is -0.240. The lowest BCUT2D eigenvalue weighted by molar-refractivity contribution is 0.828. The van der Waals surface area contributed by atoms with Crippen molar-refractivity contribution >= 4 is 22.6 Å². The molecule has 0 aromatic carbocycles. The third-order valence-electron chi connectivity index (χ3n) is 2.10. The molecule has 0 fully saturated rings. The minimum Gasteiger partial charge on any atom is -0.346 e. The number of aryl methyl sites for hydroxylation is 1. The van der Waals surface area contributed by atoms with E-state index in [0.717, 1.165) is 4.57 Å². The summed E-state index contributed by atoms with van der Waals surface area (Å²) < 4.78 is 1.13. The van der Waals surface area contributed by atoms with Crippen LogP contribution in [0.15, 0.2) is 20.6 Å². The summed E-state index contributed by atoms with van der Waals surface area (Å²) in [6, 6.07) is 0. The monoisotopic (exact) mass is 227 g/mol. The van der Waals surface area contributed by atoms with Crippen LogP contribution < -0.4 is 16.7 Å². The molecule has 7 heteroatoms. The summed E-state index contributed by atoms with van der Waals surface area (Å²) in [6.07, 6.45) is 1.24. The number of nitrogens with one attached hydrogen (secondary N) is 2. The summed E-state index contributed by atoms with van der Waals surface area (Å²) in [6.45, 7) is 0. The molecule has 0 unspecified atom stereocenters. The Morgan fingerprint density at radius 2 is 2.00 bits per heavy atom. The molecular weight excluding hydrogens is 222 g/mol. The van der Waals surface area contributed by atoms with E-state index < -0.39 is 16.7 Å². The van der Waals surface area contributed by atoms with Gasteiger partial charge >= 0.3 is 5.69 Å². The first kappa shape index (κ1) is 9.72. The molecule has 0 spiro atoms. The van der Waals surface area contributed by atoms with Crippen LogP contribution in [-0.4, -0.2) is 14.5 Å². The quantitative estimate of drug-likeness (QED) is 0.640. The van der Waals surface area contributed by atoms with Crippen molar-refractivity contribution < 1.29 is 0 Å². The molecule has 0 bridgehead atoms. The average Bonchev–Trinajstić information content (AvgIpc) is 2.18. The van der Waals surface area contributed by atoms with E-state index in [9.17, 15) is 14.4 Å². The SMILES string of the molecule is Cn1c(=O)[nH]c(=O)c2c(=O)c(Cl)c[nH]c21. The molecule has 2 aromatic rings. The number of halogens is 1. The highest BCUT2D eigenvalue weighted by molar-refractivity contribution is 6.30. The molecule has 0 atom stereocenters. The second-order valence-corrected chi connectivity index (χ2v) is 3.41. The van der Waals surface area contributed by atoms with Gasteiger partial charge in [0.25, 0.3) is 5.56 Å². The Morgan fingerprint density at radius 1 is 1.33 bits per heavy atom. The molecule has 2 heterocycles. The summed E-state index contributed by atoms with van der Waals surface area (Å²) in [5.41, 5.74) is -1.78. The topological polar surface area (TPSA) is 87.7 Å². The normalized spacial score (nSPS) is 10.8. The summed E-state index contributed by atoms with van der Waals surface area (Å²) in [7, 11) is 1.43. The van der Waals surface area contributed by atoms with Crippen LogP contribution in [0.25, 0.3) is 11.0 Å². The van der Waals surface area contributed by atoms with Crippen LogP contribution in [0.4, 0.5) is 0 Å². The lowest BCUT2D eigenvalue weighted by Gasteiger charge is -2.02. The average molecular weight is 228 g/mol. The molecular formula is C8H6ClN3O3. The van der Waals surface area contributed by atoms with Gasteiger partial charge in [-0.3, -0.25) is 19.1 Å². The first-order valence-electron chi connectivity index (χ1n) is 4.02. The first-order valence-corrected chi connectivity index (χ1v) is 4.40. The second-order valence-electron chi connectivity index (χ2n) is 3.01. The molecule has 0 saturated carbocycles. The van der Waals surface area contributed by atoms with Gasteiger partial charge in [0, 0.05) is 13.2 Å². The van der Waals surface area contributed by atoms with Gasteiger partial charge < -0.3 is 4.98 Å². The van der Waals surface area contributed by atoms with Gasteiger partial charge in [0.2, 0.25) is 5.43 Å². The highest BCUT2D eigenvalue weighted by Crippen LogP contribution is 2.03. The Labute approximate surface area is 87.1 Å². The maximum atomic E-state index is 11.5. The van der Waals surface area contributed by atoms with Crippen molar-refractivity contribution in [3.8, 4) is 0 Å². The predicted octanol–water partition coefficient (Wildman–Crippen LogP) is -0.432. The van der Waals surface area contributed by atoms with E-state index in [0.29, 0.717) is 0 Å². The molecule has 0 aliphatic heterocycles. The second kappa shape index (κ2) is 3.09. The largest absolute Gasteiger partial charge is 0.346 e. The van der Waals surface area contributed by atoms with E-state index in [-0.39, 0.29) is 16.1 Å². The van der Waals surface area contributed by atoms with Crippen LogP contribution in [0.2, 0.25) is 5.02 Å². The Balaban J connectivity index is 3.25. The number of nitrogens with zero attached hydrogens (tertiary/aromatic N) is 1. The van der Waals surface area contributed by atoms with Crippen LogP contribution >= 0.6 is 11.6 Å². The molecule has 78 valence electrons. The third-order valence-corrected chi connectivity index (χ3v) is 2.38. The standard InChI is InChI=1S/C8H6ClN3O3/c1-12-6-4(7(14)11-8(12)15)5(13)3(9)2-10-6/h2H,1H3,(H,10,13)(H,11,14,15). The van der Waals surface area contributed by atoms with Gasteiger partial charge in [0.1, 0.15) is 16.1 Å². The number of pyridine rings is 1. The number of fused-ring (bicyclic) bond motifs is 1. The van der Waals surface area contributed by atoms with Crippen molar-refractivity contribution in [1.29, 1.82) is 0 Å². The molecule has 15 heavy (non-hydrogen) atoms. The Hall–Kier alpha value is -1.82. The molecule has 0 saturated heterocycles. The zero-order valence-corrected chi connectivity index (χ0v) is 8.38. The number of H-pyrrole nitrogens is 2. The zero-order valence-electron chi connectivity index (χ0n) is 7.63. The van der Waals surface area contributed by atoms with Crippen molar-refractivity contribution in [2.75, 3.05) is 0 Å². The number of rotatable bonds is 0. The predicted molar refractivity (Wildman–Crippen MR) is 55.4 cm³/mol. The summed E-state index contributed by atoms with van der Waals surface area (Å²) in [5.74, 6) is 0. The van der Waals surface area contributed by atoms with Gasteiger partial charge in [0.05, 0.1) is 0 Å². The van der Waals surface area contributed by atoms with Crippen molar-refractivity contribution in [3.63, 3.8) is 0 Å². The fraction of sp³-hybridized carbons (Fsp3) is 0.125. The van der Waals surface area contributed by atoms with Gasteiger partial charge in [-0.05, 0) is 0 Å².